The molecule has 3 N–H and O–H groups in total. The number of carbonyl (C=O) groups is 1. The van der Waals surface area contributed by atoms with Crippen molar-refractivity contribution in [3.05, 3.63) is 62.6 Å². The molecule has 0 bridgehead atoms. The number of carbonyl (C=O) groups excluding carboxylic acids is 1. The summed E-state index contributed by atoms with van der Waals surface area (Å²) >= 11 is 0. The van der Waals surface area contributed by atoms with Crippen molar-refractivity contribution in [2.24, 2.45) is 5.92 Å². The fourth-order valence-electron chi connectivity index (χ4n) is 2.90. The molecule has 8 heteroatoms. The van der Waals surface area contributed by atoms with E-state index in [0.29, 0.717) is 18.5 Å². The fourth-order valence-corrected chi connectivity index (χ4v) is 2.90. The molecule has 2 aromatic rings. The Morgan fingerprint density at radius 3 is 2.69 bits per heavy atom. The third-order valence-corrected chi connectivity index (χ3v) is 4.30. The van der Waals surface area contributed by atoms with E-state index in [-0.39, 0.29) is 24.0 Å². The summed E-state index contributed by atoms with van der Waals surface area (Å²) in [4.78, 5) is 41.1. The number of anilines is 2. The highest BCUT2D eigenvalue weighted by atomic mass is 19.1. The van der Waals surface area contributed by atoms with Crippen LogP contribution < -0.4 is 21.9 Å². The number of unbranched alkanes of at least 4 members (excludes halogenated alkanes) is 1. The van der Waals surface area contributed by atoms with E-state index in [4.69, 9.17) is 5.73 Å². The van der Waals surface area contributed by atoms with Crippen molar-refractivity contribution in [2.45, 2.75) is 40.2 Å². The van der Waals surface area contributed by atoms with Gasteiger partial charge in [0.05, 0.1) is 0 Å². The van der Waals surface area contributed by atoms with Gasteiger partial charge in [0.15, 0.2) is 5.69 Å². The van der Waals surface area contributed by atoms with E-state index >= 15 is 0 Å². The maximum absolute atomic E-state index is 13.4. The zero-order valence-corrected chi connectivity index (χ0v) is 16.9. The highest BCUT2D eigenvalue weighted by Gasteiger charge is 2.22. The van der Waals surface area contributed by atoms with Crippen LogP contribution >= 0.6 is 0 Å². The number of aromatic amines is 1. The number of halogens is 1. The minimum absolute atomic E-state index is 0.0453. The lowest BCUT2D eigenvalue weighted by Gasteiger charge is -2.23. The maximum Gasteiger partial charge on any atom is 0.330 e. The molecule has 0 saturated carbocycles. The predicted octanol–water partition coefficient (Wildman–Crippen LogP) is 2.76. The van der Waals surface area contributed by atoms with E-state index in [2.05, 4.69) is 4.98 Å². The molecule has 0 aliphatic rings. The predicted molar refractivity (Wildman–Crippen MR) is 113 cm³/mol. The molecule has 0 unspecified atom stereocenters. The zero-order valence-electron chi connectivity index (χ0n) is 16.9. The normalized spacial score (nSPS) is 11.3. The van der Waals surface area contributed by atoms with Gasteiger partial charge in [0.2, 0.25) is 0 Å². The Hall–Kier alpha value is -3.16. The highest BCUT2D eigenvalue weighted by Crippen LogP contribution is 2.19. The van der Waals surface area contributed by atoms with Crippen molar-refractivity contribution in [3.8, 4) is 0 Å². The standard InChI is InChI=1S/C21H27FN4O3/c1-4-5-11-25(17(27)10-9-15-7-6-8-16(22)12-15)18-19(23)26(13-14(2)3)21(29)24-20(18)28/h6-10,12,14H,4-5,11,13,23H2,1-3H3,(H,24,28,29). The Kier molecular flexibility index (Phi) is 7.52. The summed E-state index contributed by atoms with van der Waals surface area (Å²) in [6, 6.07) is 5.81. The number of H-pyrrole nitrogens is 1. The second-order valence-electron chi connectivity index (χ2n) is 7.23. The molecule has 29 heavy (non-hydrogen) atoms. The first-order valence-corrected chi connectivity index (χ1v) is 9.62. The number of rotatable bonds is 8. The lowest BCUT2D eigenvalue weighted by Crippen LogP contribution is -2.41. The average molecular weight is 402 g/mol. The first-order chi connectivity index (χ1) is 13.7. The van der Waals surface area contributed by atoms with Crippen molar-refractivity contribution >= 4 is 23.5 Å². The monoisotopic (exact) mass is 402 g/mol. The molecule has 0 radical (unpaired) electrons. The number of hydrogen-bond acceptors (Lipinski definition) is 4. The van der Waals surface area contributed by atoms with E-state index in [1.54, 1.807) is 12.1 Å². The van der Waals surface area contributed by atoms with E-state index in [1.807, 2.05) is 20.8 Å². The second kappa shape index (κ2) is 9.86. The summed E-state index contributed by atoms with van der Waals surface area (Å²) in [5.74, 6) is -0.823. The minimum atomic E-state index is -0.712. The number of hydrogen-bond donors (Lipinski definition) is 2. The van der Waals surface area contributed by atoms with Crippen LogP contribution in [0.4, 0.5) is 15.9 Å². The Morgan fingerprint density at radius 1 is 1.34 bits per heavy atom. The molecule has 0 atom stereocenters. The van der Waals surface area contributed by atoms with Crippen molar-refractivity contribution < 1.29 is 9.18 Å². The molecule has 7 nitrogen and oxygen atoms in total. The maximum atomic E-state index is 13.4. The van der Waals surface area contributed by atoms with E-state index < -0.39 is 23.0 Å². The summed E-state index contributed by atoms with van der Waals surface area (Å²) in [5.41, 5.74) is 5.29. The Balaban J connectivity index is 2.47. The van der Waals surface area contributed by atoms with Crippen LogP contribution in [0.3, 0.4) is 0 Å². The Morgan fingerprint density at radius 2 is 2.07 bits per heavy atom. The van der Waals surface area contributed by atoms with E-state index in [9.17, 15) is 18.8 Å². The van der Waals surface area contributed by atoms with Crippen LogP contribution in [-0.4, -0.2) is 22.0 Å². The number of aromatic nitrogens is 2. The number of nitrogens with one attached hydrogen (secondary N) is 1. The molecule has 0 aliphatic heterocycles. The fraction of sp³-hybridized carbons (Fsp3) is 0.381. The van der Waals surface area contributed by atoms with Gasteiger partial charge in [-0.15, -0.1) is 0 Å². The first kappa shape index (κ1) is 22.1. The quantitative estimate of drug-likeness (QED) is 0.663. The average Bonchev–Trinajstić information content (AvgIpc) is 2.65. The van der Waals surface area contributed by atoms with Gasteiger partial charge in [-0.25, -0.2) is 9.18 Å². The number of nitrogen functional groups attached to an aromatic ring is 1. The van der Waals surface area contributed by atoms with Gasteiger partial charge in [0, 0.05) is 19.2 Å². The second-order valence-corrected chi connectivity index (χ2v) is 7.23. The number of amides is 1. The summed E-state index contributed by atoms with van der Waals surface area (Å²) in [6.45, 7) is 6.36. The van der Waals surface area contributed by atoms with Gasteiger partial charge in [-0.3, -0.25) is 19.1 Å². The molecule has 156 valence electrons. The molecule has 1 aromatic carbocycles. The van der Waals surface area contributed by atoms with Gasteiger partial charge in [-0.05, 0) is 36.1 Å². The first-order valence-electron chi connectivity index (χ1n) is 9.62. The van der Waals surface area contributed by atoms with E-state index in [1.165, 1.54) is 33.8 Å². The van der Waals surface area contributed by atoms with Crippen molar-refractivity contribution in [1.82, 2.24) is 9.55 Å². The molecule has 1 aromatic heterocycles. The molecule has 0 saturated heterocycles. The lowest BCUT2D eigenvalue weighted by molar-refractivity contribution is -0.114. The smallest absolute Gasteiger partial charge is 0.330 e. The molecular weight excluding hydrogens is 375 g/mol. The molecule has 2 rings (SSSR count). The molecule has 1 amide bonds. The molecule has 0 spiro atoms. The number of nitrogens with two attached hydrogens (primary N) is 1. The number of nitrogens with zero attached hydrogens (tertiary/aromatic N) is 2. The van der Waals surface area contributed by atoms with Crippen LogP contribution in [0.1, 0.15) is 39.2 Å². The summed E-state index contributed by atoms with van der Waals surface area (Å²) in [6.07, 6.45) is 4.17. The van der Waals surface area contributed by atoms with Crippen LogP contribution in [0.2, 0.25) is 0 Å². The van der Waals surface area contributed by atoms with Crippen LogP contribution in [0.5, 0.6) is 0 Å². The van der Waals surface area contributed by atoms with Crippen molar-refractivity contribution in [2.75, 3.05) is 17.2 Å². The third kappa shape index (κ3) is 5.66. The summed E-state index contributed by atoms with van der Waals surface area (Å²) < 4.78 is 14.6. The summed E-state index contributed by atoms with van der Waals surface area (Å²) in [5, 5.41) is 0. The Bertz CT molecular complexity index is 1010. The third-order valence-electron chi connectivity index (χ3n) is 4.30. The minimum Gasteiger partial charge on any atom is -0.383 e. The van der Waals surface area contributed by atoms with Gasteiger partial charge >= 0.3 is 5.69 Å². The summed E-state index contributed by atoms with van der Waals surface area (Å²) in [7, 11) is 0. The van der Waals surface area contributed by atoms with Crippen LogP contribution in [0, 0.1) is 11.7 Å². The van der Waals surface area contributed by atoms with Gasteiger partial charge in [-0.2, -0.15) is 0 Å². The molecule has 0 aliphatic carbocycles. The largest absolute Gasteiger partial charge is 0.383 e. The molecular formula is C21H27FN4O3. The van der Waals surface area contributed by atoms with Crippen molar-refractivity contribution in [1.29, 1.82) is 0 Å². The Labute approximate surface area is 168 Å². The topological polar surface area (TPSA) is 101 Å². The highest BCUT2D eigenvalue weighted by molar-refractivity contribution is 6.05. The van der Waals surface area contributed by atoms with Crippen LogP contribution in [0.25, 0.3) is 6.08 Å². The van der Waals surface area contributed by atoms with Crippen LogP contribution in [-0.2, 0) is 11.3 Å². The lowest BCUT2D eigenvalue weighted by atomic mass is 10.2. The van der Waals surface area contributed by atoms with Crippen LogP contribution in [0.15, 0.2) is 39.9 Å². The van der Waals surface area contributed by atoms with Gasteiger partial charge in [0.1, 0.15) is 11.6 Å². The number of benzene rings is 1. The van der Waals surface area contributed by atoms with Gasteiger partial charge in [-0.1, -0.05) is 39.3 Å². The SMILES string of the molecule is CCCCN(C(=O)C=Cc1cccc(F)c1)c1c(N)n(CC(C)C)c(=O)[nH]c1=O. The molecule has 1 heterocycles. The molecule has 0 fully saturated rings. The van der Waals surface area contributed by atoms with Gasteiger partial charge < -0.3 is 10.6 Å². The van der Waals surface area contributed by atoms with Gasteiger partial charge in [0.25, 0.3) is 11.5 Å². The van der Waals surface area contributed by atoms with E-state index in [0.717, 1.165) is 6.42 Å². The zero-order chi connectivity index (χ0) is 21.6. The van der Waals surface area contributed by atoms with Crippen molar-refractivity contribution in [3.63, 3.8) is 0 Å².